The van der Waals surface area contributed by atoms with Crippen molar-refractivity contribution in [3.63, 3.8) is 0 Å². The summed E-state index contributed by atoms with van der Waals surface area (Å²) < 4.78 is 0. The fraction of sp³-hybridized carbons (Fsp3) is 0.400. The molecule has 0 saturated carbocycles. The van der Waals surface area contributed by atoms with Gasteiger partial charge in [0.1, 0.15) is 17.8 Å². The number of ketones is 1. The molecule has 7 N–H and O–H groups in total. The molecule has 5 atom stereocenters. The fourth-order valence-corrected chi connectivity index (χ4v) is 6.12. The summed E-state index contributed by atoms with van der Waals surface area (Å²) in [6.07, 6.45) is 3.21. The molecule has 280 valence electrons. The summed E-state index contributed by atoms with van der Waals surface area (Å²) in [6, 6.07) is 17.5. The monoisotopic (exact) mass is 723 g/mol. The first-order chi connectivity index (χ1) is 25.4. The number of carbonyl (C=O) groups excluding carboxylic acids is 6. The van der Waals surface area contributed by atoms with Gasteiger partial charge in [0, 0.05) is 18.8 Å². The van der Waals surface area contributed by atoms with Gasteiger partial charge in [0.15, 0.2) is 5.78 Å². The summed E-state index contributed by atoms with van der Waals surface area (Å²) in [5, 5.41) is 10.3. The van der Waals surface area contributed by atoms with E-state index in [0.29, 0.717) is 30.3 Å². The van der Waals surface area contributed by atoms with E-state index < -0.39 is 53.6 Å². The lowest BCUT2D eigenvalue weighted by Crippen LogP contribution is -2.54. The highest BCUT2D eigenvalue weighted by molar-refractivity contribution is 5.99. The van der Waals surface area contributed by atoms with E-state index in [4.69, 9.17) is 11.5 Å². The number of unbranched alkanes of at least 4 members (excludes halogenated alkanes) is 1. The molecule has 53 heavy (non-hydrogen) atoms. The molecule has 1 unspecified atom stereocenters. The molecule has 0 saturated heterocycles. The van der Waals surface area contributed by atoms with Crippen LogP contribution in [0.3, 0.4) is 0 Å². The Hall–Kier alpha value is -5.72. The molecule has 13 heteroatoms. The van der Waals surface area contributed by atoms with Crippen molar-refractivity contribution in [1.82, 2.24) is 25.9 Å². The van der Waals surface area contributed by atoms with Crippen LogP contribution >= 0.6 is 0 Å². The minimum atomic E-state index is -1.17. The van der Waals surface area contributed by atoms with Crippen LogP contribution in [0.2, 0.25) is 0 Å². The zero-order chi connectivity index (χ0) is 38.5. The van der Waals surface area contributed by atoms with Gasteiger partial charge in [-0.1, -0.05) is 94.6 Å². The molecule has 0 fully saturated rings. The second-order valence-electron chi connectivity index (χ2n) is 13.5. The van der Waals surface area contributed by atoms with Gasteiger partial charge in [-0.05, 0) is 53.6 Å². The van der Waals surface area contributed by atoms with E-state index in [1.165, 1.54) is 6.20 Å². The normalized spacial score (nSPS) is 14.0. The molecule has 4 aromatic rings. The van der Waals surface area contributed by atoms with Gasteiger partial charge >= 0.3 is 0 Å². The SMILES string of the molecule is CCCC[C@H](NC(=O)[C@@H](NC(=O)c1cnc2ccccc2n1)[C@@H](C)CC)C(=O)CC(Cc1ccc2ccccc2c1)C(=O)N[C@@H](CCC(N)=O)C(N)=O. The molecular weight excluding hydrogens is 674 g/mol. The quantitative estimate of drug-likeness (QED) is 0.0905. The predicted octanol–water partition coefficient (Wildman–Crippen LogP) is 3.66. The molecule has 0 aliphatic heterocycles. The number of primary amides is 2. The van der Waals surface area contributed by atoms with Crippen molar-refractivity contribution in [3.8, 4) is 0 Å². The first-order valence-electron chi connectivity index (χ1n) is 18.1. The standard InChI is InChI=1S/C40H49N7O6/c1-4-6-13-31(45-40(53)36(24(3)5-2)47-39(52)33-23-43-29-14-9-10-15-30(29)44-33)34(48)22-28(38(51)46-32(37(42)50)18-19-35(41)49)21-25-16-17-26-11-7-8-12-27(26)20-25/h7-12,14-17,20,23-24,28,31-32,36H,4-6,13,18-19,21-22H2,1-3H3,(H2,41,49)(H2,42,50)(H,45,53)(H,46,51)(H,47,52)/t24-,28?,31-,32-,36-/m0/s1. The Morgan fingerprint density at radius 3 is 2.13 bits per heavy atom. The van der Waals surface area contributed by atoms with Crippen molar-refractivity contribution in [1.29, 1.82) is 0 Å². The number of benzene rings is 3. The Labute approximate surface area is 309 Å². The maximum absolute atomic E-state index is 14.1. The summed E-state index contributed by atoms with van der Waals surface area (Å²) in [4.78, 5) is 87.5. The van der Waals surface area contributed by atoms with E-state index in [1.54, 1.807) is 18.2 Å². The maximum atomic E-state index is 14.1. The summed E-state index contributed by atoms with van der Waals surface area (Å²) in [7, 11) is 0. The molecular formula is C40H49N7O6. The van der Waals surface area contributed by atoms with Gasteiger partial charge in [-0.15, -0.1) is 0 Å². The van der Waals surface area contributed by atoms with Crippen LogP contribution in [0.15, 0.2) is 72.9 Å². The third kappa shape index (κ3) is 11.4. The van der Waals surface area contributed by atoms with Crippen LogP contribution in [-0.4, -0.2) is 63.4 Å². The van der Waals surface area contributed by atoms with Crippen LogP contribution in [0.25, 0.3) is 21.8 Å². The van der Waals surface area contributed by atoms with E-state index in [1.807, 2.05) is 69.3 Å². The van der Waals surface area contributed by atoms with Gasteiger partial charge in [-0.2, -0.15) is 0 Å². The van der Waals surface area contributed by atoms with Gasteiger partial charge in [0.05, 0.1) is 23.3 Å². The number of nitrogens with two attached hydrogens (primary N) is 2. The molecule has 3 aromatic carbocycles. The van der Waals surface area contributed by atoms with E-state index in [9.17, 15) is 28.8 Å². The average molecular weight is 724 g/mol. The molecule has 0 radical (unpaired) electrons. The van der Waals surface area contributed by atoms with E-state index in [0.717, 1.165) is 22.8 Å². The Morgan fingerprint density at radius 1 is 0.774 bits per heavy atom. The largest absolute Gasteiger partial charge is 0.370 e. The molecule has 0 aliphatic rings. The number of fused-ring (bicyclic) bond motifs is 2. The van der Waals surface area contributed by atoms with Crippen molar-refractivity contribution < 1.29 is 28.8 Å². The second-order valence-corrected chi connectivity index (χ2v) is 13.5. The van der Waals surface area contributed by atoms with Crippen LogP contribution < -0.4 is 27.4 Å². The molecule has 5 amide bonds. The minimum Gasteiger partial charge on any atom is -0.370 e. The van der Waals surface area contributed by atoms with Gasteiger partial charge in [0.25, 0.3) is 5.91 Å². The van der Waals surface area contributed by atoms with Crippen molar-refractivity contribution in [3.05, 3.63) is 84.2 Å². The highest BCUT2D eigenvalue weighted by Crippen LogP contribution is 2.22. The zero-order valence-electron chi connectivity index (χ0n) is 30.5. The summed E-state index contributed by atoms with van der Waals surface area (Å²) in [6.45, 7) is 5.68. The van der Waals surface area contributed by atoms with Crippen molar-refractivity contribution in [2.24, 2.45) is 23.3 Å². The van der Waals surface area contributed by atoms with Gasteiger partial charge in [0.2, 0.25) is 23.6 Å². The first-order valence-corrected chi connectivity index (χ1v) is 18.1. The Balaban J connectivity index is 1.57. The lowest BCUT2D eigenvalue weighted by Gasteiger charge is -2.27. The fourth-order valence-electron chi connectivity index (χ4n) is 6.12. The minimum absolute atomic E-state index is 0.0519. The van der Waals surface area contributed by atoms with Gasteiger partial charge < -0.3 is 27.4 Å². The smallest absolute Gasteiger partial charge is 0.272 e. The maximum Gasteiger partial charge on any atom is 0.272 e. The second kappa shape index (κ2) is 19.2. The number of aromatic nitrogens is 2. The number of hydrogen-bond acceptors (Lipinski definition) is 8. The number of rotatable bonds is 20. The molecule has 4 rings (SSSR count). The van der Waals surface area contributed by atoms with Crippen LogP contribution in [0.5, 0.6) is 0 Å². The van der Waals surface area contributed by atoms with Gasteiger partial charge in [-0.3, -0.25) is 33.8 Å². The molecule has 1 aromatic heterocycles. The number of nitrogens with zero attached hydrogens (tertiary/aromatic N) is 2. The number of amides is 5. The molecule has 0 spiro atoms. The molecule has 13 nitrogen and oxygen atoms in total. The molecule has 1 heterocycles. The van der Waals surface area contributed by atoms with E-state index in [2.05, 4.69) is 25.9 Å². The van der Waals surface area contributed by atoms with Crippen molar-refractivity contribution in [2.45, 2.75) is 90.3 Å². The average Bonchev–Trinajstić information content (AvgIpc) is 3.15. The topological polar surface area (TPSA) is 216 Å². The zero-order valence-corrected chi connectivity index (χ0v) is 30.5. The lowest BCUT2D eigenvalue weighted by molar-refractivity contribution is -0.134. The predicted molar refractivity (Wildman–Crippen MR) is 202 cm³/mol. The Bertz CT molecular complexity index is 1950. The Morgan fingerprint density at radius 2 is 1.45 bits per heavy atom. The third-order valence-electron chi connectivity index (χ3n) is 9.47. The lowest BCUT2D eigenvalue weighted by atomic mass is 9.88. The number of Topliss-reactive ketones (excluding diaryl/α,β-unsaturated/α-hetero) is 1. The number of carbonyl (C=O) groups is 6. The Kier molecular flexibility index (Phi) is 14.5. The summed E-state index contributed by atoms with van der Waals surface area (Å²) >= 11 is 0. The van der Waals surface area contributed by atoms with Crippen LogP contribution in [0.4, 0.5) is 0 Å². The molecule has 0 bridgehead atoms. The number of nitrogens with one attached hydrogen (secondary N) is 3. The van der Waals surface area contributed by atoms with E-state index in [-0.39, 0.29) is 43.1 Å². The van der Waals surface area contributed by atoms with Crippen LogP contribution in [0, 0.1) is 11.8 Å². The first kappa shape index (κ1) is 40.1. The number of para-hydroxylation sites is 2. The van der Waals surface area contributed by atoms with Gasteiger partial charge in [-0.25, -0.2) is 4.98 Å². The highest BCUT2D eigenvalue weighted by atomic mass is 16.2. The third-order valence-corrected chi connectivity index (χ3v) is 9.47. The number of hydrogen-bond donors (Lipinski definition) is 5. The summed E-state index contributed by atoms with van der Waals surface area (Å²) in [5.41, 5.74) is 12.8. The van der Waals surface area contributed by atoms with Crippen LogP contribution in [0.1, 0.15) is 81.8 Å². The van der Waals surface area contributed by atoms with Crippen LogP contribution in [-0.2, 0) is 30.4 Å². The van der Waals surface area contributed by atoms with Crippen molar-refractivity contribution >= 4 is 57.1 Å². The molecule has 0 aliphatic carbocycles. The van der Waals surface area contributed by atoms with Crippen molar-refractivity contribution in [2.75, 3.05) is 0 Å². The highest BCUT2D eigenvalue weighted by Gasteiger charge is 2.33. The summed E-state index contributed by atoms with van der Waals surface area (Å²) in [5.74, 6) is -4.82. The van der Waals surface area contributed by atoms with E-state index >= 15 is 0 Å².